The molecule has 0 aliphatic carbocycles. The number of carbonyl (C=O) groups excluding carboxylic acids is 1. The van der Waals surface area contributed by atoms with Crippen molar-refractivity contribution in [3.05, 3.63) is 51.2 Å². The van der Waals surface area contributed by atoms with Gasteiger partial charge in [0, 0.05) is 17.5 Å². The van der Waals surface area contributed by atoms with Crippen LogP contribution in [0, 0.1) is 0 Å². The third-order valence-electron chi connectivity index (χ3n) is 2.51. The summed E-state index contributed by atoms with van der Waals surface area (Å²) in [6.45, 7) is 0.564. The zero-order chi connectivity index (χ0) is 13.1. The zero-order valence-corrected chi connectivity index (χ0v) is 11.3. The molecule has 0 aliphatic rings. The highest BCUT2D eigenvalue weighted by Gasteiger charge is 2.13. The number of hydrogen-bond donors (Lipinski definition) is 1. The third kappa shape index (κ3) is 2.83. The first-order valence-electron chi connectivity index (χ1n) is 5.34. The van der Waals surface area contributed by atoms with Gasteiger partial charge in [-0.2, -0.15) is 0 Å². The van der Waals surface area contributed by atoms with Crippen LogP contribution in [0.1, 0.15) is 15.2 Å². The number of nitrogens with zero attached hydrogens (tertiary/aromatic N) is 1. The van der Waals surface area contributed by atoms with Crippen LogP contribution in [-0.4, -0.2) is 23.0 Å². The minimum absolute atomic E-state index is 0.0193. The Morgan fingerprint density at radius 1 is 1.44 bits per heavy atom. The Bertz CT molecular complexity index is 554. The minimum Gasteiger partial charge on any atom is -0.506 e. The predicted molar refractivity (Wildman–Crippen MR) is 73.2 cm³/mol. The molecule has 1 aromatic heterocycles. The van der Waals surface area contributed by atoms with Crippen molar-refractivity contribution in [1.82, 2.24) is 4.90 Å². The quantitative estimate of drug-likeness (QED) is 0.937. The maximum atomic E-state index is 12.1. The summed E-state index contributed by atoms with van der Waals surface area (Å²) in [6, 6.07) is 8.40. The monoisotopic (exact) mass is 281 g/mol. The molecule has 2 rings (SSSR count). The number of carbonyl (C=O) groups is 1. The SMILES string of the molecule is CN(Cc1cccs1)C(=O)c1ccc(O)c(Cl)c1. The van der Waals surface area contributed by atoms with Crippen LogP contribution in [0.4, 0.5) is 0 Å². The van der Waals surface area contributed by atoms with Crippen molar-refractivity contribution in [2.24, 2.45) is 0 Å². The first-order valence-corrected chi connectivity index (χ1v) is 6.60. The molecule has 0 unspecified atom stereocenters. The second-order valence-corrected chi connectivity index (χ2v) is 5.35. The number of aromatic hydroxyl groups is 1. The summed E-state index contributed by atoms with van der Waals surface area (Å²) >= 11 is 7.40. The van der Waals surface area contributed by atoms with Crippen molar-refractivity contribution < 1.29 is 9.90 Å². The number of phenols is 1. The Balaban J connectivity index is 2.12. The van der Waals surface area contributed by atoms with Gasteiger partial charge in [0.2, 0.25) is 0 Å². The second kappa shape index (κ2) is 5.42. The zero-order valence-electron chi connectivity index (χ0n) is 9.76. The van der Waals surface area contributed by atoms with Gasteiger partial charge in [0.05, 0.1) is 11.6 Å². The molecule has 0 fully saturated rings. The molecule has 0 saturated carbocycles. The number of hydrogen-bond acceptors (Lipinski definition) is 3. The van der Waals surface area contributed by atoms with E-state index in [9.17, 15) is 9.90 Å². The van der Waals surface area contributed by atoms with E-state index < -0.39 is 0 Å². The normalized spacial score (nSPS) is 10.3. The van der Waals surface area contributed by atoms with E-state index in [0.29, 0.717) is 12.1 Å². The fourth-order valence-corrected chi connectivity index (χ4v) is 2.51. The van der Waals surface area contributed by atoms with Crippen molar-refractivity contribution in [1.29, 1.82) is 0 Å². The van der Waals surface area contributed by atoms with Crippen LogP contribution in [0.15, 0.2) is 35.7 Å². The molecule has 1 aromatic carbocycles. The van der Waals surface area contributed by atoms with Crippen molar-refractivity contribution >= 4 is 28.8 Å². The van der Waals surface area contributed by atoms with Gasteiger partial charge in [-0.05, 0) is 29.6 Å². The highest BCUT2D eigenvalue weighted by molar-refractivity contribution is 7.09. The smallest absolute Gasteiger partial charge is 0.253 e. The second-order valence-electron chi connectivity index (χ2n) is 3.91. The van der Waals surface area contributed by atoms with Gasteiger partial charge < -0.3 is 10.0 Å². The molecule has 1 amide bonds. The molecule has 0 bridgehead atoms. The maximum Gasteiger partial charge on any atom is 0.253 e. The van der Waals surface area contributed by atoms with E-state index in [-0.39, 0.29) is 16.7 Å². The number of halogens is 1. The lowest BCUT2D eigenvalue weighted by molar-refractivity contribution is 0.0786. The van der Waals surface area contributed by atoms with E-state index in [1.807, 2.05) is 17.5 Å². The van der Waals surface area contributed by atoms with Gasteiger partial charge in [-0.1, -0.05) is 17.7 Å². The average molecular weight is 282 g/mol. The molecule has 18 heavy (non-hydrogen) atoms. The summed E-state index contributed by atoms with van der Waals surface area (Å²) in [4.78, 5) is 14.9. The largest absolute Gasteiger partial charge is 0.506 e. The van der Waals surface area contributed by atoms with E-state index in [0.717, 1.165) is 4.88 Å². The van der Waals surface area contributed by atoms with Crippen molar-refractivity contribution in [2.75, 3.05) is 7.05 Å². The molecule has 94 valence electrons. The van der Waals surface area contributed by atoms with E-state index in [1.54, 1.807) is 29.4 Å². The van der Waals surface area contributed by atoms with E-state index >= 15 is 0 Å². The van der Waals surface area contributed by atoms with E-state index in [1.165, 1.54) is 12.1 Å². The topological polar surface area (TPSA) is 40.5 Å². The number of phenolic OH excluding ortho intramolecular Hbond substituents is 1. The Kier molecular flexibility index (Phi) is 3.89. The molecule has 1 heterocycles. The minimum atomic E-state index is -0.120. The van der Waals surface area contributed by atoms with Crippen molar-refractivity contribution in [2.45, 2.75) is 6.54 Å². The molecule has 0 saturated heterocycles. The molecule has 0 radical (unpaired) electrons. The lowest BCUT2D eigenvalue weighted by atomic mass is 10.2. The first kappa shape index (κ1) is 12.9. The van der Waals surface area contributed by atoms with Crippen molar-refractivity contribution in [3.8, 4) is 5.75 Å². The fraction of sp³-hybridized carbons (Fsp3) is 0.154. The van der Waals surface area contributed by atoms with Crippen LogP contribution in [0.3, 0.4) is 0 Å². The molecule has 0 aliphatic heterocycles. The molecule has 0 atom stereocenters. The molecule has 5 heteroatoms. The molecule has 1 N–H and O–H groups in total. The summed E-state index contributed by atoms with van der Waals surface area (Å²) in [7, 11) is 1.74. The van der Waals surface area contributed by atoms with Gasteiger partial charge in [-0.25, -0.2) is 0 Å². The van der Waals surface area contributed by atoms with E-state index in [2.05, 4.69) is 0 Å². The Morgan fingerprint density at radius 3 is 2.83 bits per heavy atom. The Hall–Kier alpha value is -1.52. The Labute approximate surface area is 114 Å². The number of rotatable bonds is 3. The predicted octanol–water partition coefficient (Wildman–Crippen LogP) is 3.38. The molecule has 0 spiro atoms. The summed E-state index contributed by atoms with van der Waals surface area (Å²) in [5, 5.41) is 11.5. The highest BCUT2D eigenvalue weighted by atomic mass is 35.5. The van der Waals surface area contributed by atoms with Crippen LogP contribution < -0.4 is 0 Å². The van der Waals surface area contributed by atoms with Gasteiger partial charge in [0.15, 0.2) is 0 Å². The highest BCUT2D eigenvalue weighted by Crippen LogP contribution is 2.24. The molecule has 3 nitrogen and oxygen atoms in total. The van der Waals surface area contributed by atoms with Crippen LogP contribution >= 0.6 is 22.9 Å². The van der Waals surface area contributed by atoms with Gasteiger partial charge >= 0.3 is 0 Å². The molecular weight excluding hydrogens is 270 g/mol. The molecule has 2 aromatic rings. The van der Waals surface area contributed by atoms with Gasteiger partial charge in [0.1, 0.15) is 5.75 Å². The van der Waals surface area contributed by atoms with Gasteiger partial charge in [-0.15, -0.1) is 11.3 Å². The summed E-state index contributed by atoms with van der Waals surface area (Å²) < 4.78 is 0. The van der Waals surface area contributed by atoms with Gasteiger partial charge in [-0.3, -0.25) is 4.79 Å². The lowest BCUT2D eigenvalue weighted by Gasteiger charge is -2.16. The van der Waals surface area contributed by atoms with Crippen LogP contribution in [0.25, 0.3) is 0 Å². The van der Waals surface area contributed by atoms with E-state index in [4.69, 9.17) is 11.6 Å². The number of benzene rings is 1. The standard InChI is InChI=1S/C13H12ClNO2S/c1-15(8-10-3-2-6-18-10)13(17)9-4-5-12(16)11(14)7-9/h2-7,16H,8H2,1H3. The van der Waals surface area contributed by atoms with Crippen LogP contribution in [-0.2, 0) is 6.54 Å². The van der Waals surface area contributed by atoms with Crippen LogP contribution in [0.5, 0.6) is 5.75 Å². The summed E-state index contributed by atoms with van der Waals surface area (Å²) in [5.41, 5.74) is 0.469. The number of amides is 1. The summed E-state index contributed by atoms with van der Waals surface area (Å²) in [6.07, 6.45) is 0. The number of thiophene rings is 1. The van der Waals surface area contributed by atoms with Crippen LogP contribution in [0.2, 0.25) is 5.02 Å². The van der Waals surface area contributed by atoms with Gasteiger partial charge in [0.25, 0.3) is 5.91 Å². The fourth-order valence-electron chi connectivity index (χ4n) is 1.57. The Morgan fingerprint density at radius 2 is 2.22 bits per heavy atom. The lowest BCUT2D eigenvalue weighted by Crippen LogP contribution is -2.25. The van der Waals surface area contributed by atoms with Crippen molar-refractivity contribution in [3.63, 3.8) is 0 Å². The first-order chi connectivity index (χ1) is 8.58. The summed E-state index contributed by atoms with van der Waals surface area (Å²) in [5.74, 6) is -0.139. The average Bonchev–Trinajstić information content (AvgIpc) is 2.84. The maximum absolute atomic E-state index is 12.1. The third-order valence-corrected chi connectivity index (χ3v) is 3.68. The molecular formula is C13H12ClNO2S.